The van der Waals surface area contributed by atoms with Crippen molar-refractivity contribution >= 4 is 17.6 Å². The molecule has 2 amide bonds. The van der Waals surface area contributed by atoms with Crippen LogP contribution in [0.3, 0.4) is 0 Å². The van der Waals surface area contributed by atoms with Crippen LogP contribution in [0.1, 0.15) is 29.8 Å². The zero-order valence-corrected chi connectivity index (χ0v) is 16.5. The van der Waals surface area contributed by atoms with E-state index in [4.69, 9.17) is 4.74 Å². The number of hydrogen-bond donors (Lipinski definition) is 1. The van der Waals surface area contributed by atoms with Gasteiger partial charge in [-0.2, -0.15) is 13.2 Å². The first kappa shape index (κ1) is 21.4. The topological polar surface area (TPSA) is 71.0 Å². The highest BCUT2D eigenvalue weighted by molar-refractivity contribution is 6.17. The molecule has 0 saturated heterocycles. The standard InChI is InChI=1S/C21H20F3N3O3/c1-13(2)27-17(14-9-5-4-6-10-14)25-20(19(27)29,21(22,23)24)26-18(28)15-11-7-8-12-16(15)30-3/h4-13H,1-3H3,(H,26,28). The van der Waals surface area contributed by atoms with Crippen LogP contribution in [-0.4, -0.2) is 47.5 Å². The fraction of sp³-hybridized carbons (Fsp3) is 0.286. The van der Waals surface area contributed by atoms with Crippen molar-refractivity contribution in [1.82, 2.24) is 10.2 Å². The summed E-state index contributed by atoms with van der Waals surface area (Å²) in [5, 5.41) is 1.84. The minimum Gasteiger partial charge on any atom is -0.496 e. The van der Waals surface area contributed by atoms with Crippen LogP contribution in [0.15, 0.2) is 59.6 Å². The number of ether oxygens (including phenoxy) is 1. The molecular weight excluding hydrogens is 399 g/mol. The Bertz CT molecular complexity index is 990. The van der Waals surface area contributed by atoms with Crippen LogP contribution >= 0.6 is 0 Å². The molecule has 0 spiro atoms. The van der Waals surface area contributed by atoms with Crippen LogP contribution in [0.2, 0.25) is 0 Å². The summed E-state index contributed by atoms with van der Waals surface area (Å²) in [5.74, 6) is -2.58. The molecule has 158 valence electrons. The van der Waals surface area contributed by atoms with Crippen LogP contribution in [-0.2, 0) is 4.79 Å². The summed E-state index contributed by atoms with van der Waals surface area (Å²) < 4.78 is 47.8. The number of nitrogens with zero attached hydrogens (tertiary/aromatic N) is 2. The summed E-state index contributed by atoms with van der Waals surface area (Å²) in [4.78, 5) is 30.5. The number of aliphatic imine (C=N–C) groups is 1. The number of hydrogen-bond acceptors (Lipinski definition) is 4. The van der Waals surface area contributed by atoms with Crippen LogP contribution < -0.4 is 10.1 Å². The summed E-state index contributed by atoms with van der Waals surface area (Å²) in [5.41, 5.74) is -3.26. The molecule has 6 nitrogen and oxygen atoms in total. The SMILES string of the molecule is COc1ccccc1C(=O)NC1(C(F)(F)F)N=C(c2ccccc2)N(C(C)C)C1=O. The van der Waals surface area contributed by atoms with E-state index in [2.05, 4.69) is 4.99 Å². The molecule has 0 aromatic heterocycles. The average Bonchev–Trinajstić information content (AvgIpc) is 3.02. The van der Waals surface area contributed by atoms with Gasteiger partial charge < -0.3 is 10.1 Å². The van der Waals surface area contributed by atoms with E-state index in [1.807, 2.05) is 5.32 Å². The van der Waals surface area contributed by atoms with Gasteiger partial charge in [0.05, 0.1) is 12.7 Å². The average molecular weight is 419 g/mol. The van der Waals surface area contributed by atoms with Gasteiger partial charge >= 0.3 is 11.8 Å². The Morgan fingerprint density at radius 1 is 1.10 bits per heavy atom. The summed E-state index contributed by atoms with van der Waals surface area (Å²) in [7, 11) is 1.29. The summed E-state index contributed by atoms with van der Waals surface area (Å²) in [6.07, 6.45) is -5.18. The minimum absolute atomic E-state index is 0.0748. The van der Waals surface area contributed by atoms with Gasteiger partial charge in [-0.1, -0.05) is 42.5 Å². The lowest BCUT2D eigenvalue weighted by atomic mass is 10.1. The quantitative estimate of drug-likeness (QED) is 0.808. The Morgan fingerprint density at radius 3 is 2.27 bits per heavy atom. The van der Waals surface area contributed by atoms with Gasteiger partial charge in [-0.15, -0.1) is 0 Å². The zero-order valence-electron chi connectivity index (χ0n) is 16.5. The number of rotatable bonds is 5. The highest BCUT2D eigenvalue weighted by atomic mass is 19.4. The highest BCUT2D eigenvalue weighted by Gasteiger charge is 2.67. The number of halogens is 3. The van der Waals surface area contributed by atoms with Gasteiger partial charge in [0.25, 0.3) is 11.8 Å². The maximum Gasteiger partial charge on any atom is 0.442 e. The second-order valence-electron chi connectivity index (χ2n) is 6.93. The molecule has 0 saturated carbocycles. The molecule has 1 atom stereocenters. The van der Waals surface area contributed by atoms with Crippen molar-refractivity contribution in [2.45, 2.75) is 31.7 Å². The number of carbonyl (C=O) groups excluding carboxylic acids is 2. The number of carbonyl (C=O) groups is 2. The predicted octanol–water partition coefficient (Wildman–Crippen LogP) is 3.38. The van der Waals surface area contributed by atoms with E-state index in [0.29, 0.717) is 5.56 Å². The first-order valence-electron chi connectivity index (χ1n) is 9.13. The van der Waals surface area contributed by atoms with Crippen molar-refractivity contribution in [3.05, 3.63) is 65.7 Å². The maximum absolute atomic E-state index is 14.3. The molecule has 2 aromatic carbocycles. The normalized spacial score (nSPS) is 19.1. The number of alkyl halides is 3. The third kappa shape index (κ3) is 3.51. The molecular formula is C21H20F3N3O3. The van der Waals surface area contributed by atoms with Gasteiger partial charge in [0.1, 0.15) is 11.6 Å². The van der Waals surface area contributed by atoms with Crippen molar-refractivity contribution in [1.29, 1.82) is 0 Å². The molecule has 1 heterocycles. The third-order valence-corrected chi connectivity index (χ3v) is 4.63. The fourth-order valence-corrected chi connectivity index (χ4v) is 3.20. The van der Waals surface area contributed by atoms with Gasteiger partial charge in [0.2, 0.25) is 0 Å². The van der Waals surface area contributed by atoms with Crippen molar-refractivity contribution in [2.75, 3.05) is 7.11 Å². The Kier molecular flexibility index (Phi) is 5.56. The third-order valence-electron chi connectivity index (χ3n) is 4.63. The van der Waals surface area contributed by atoms with Crippen LogP contribution in [0, 0.1) is 0 Å². The summed E-state index contributed by atoms with van der Waals surface area (Å²) in [6.45, 7) is 3.15. The Morgan fingerprint density at radius 2 is 1.70 bits per heavy atom. The predicted molar refractivity (Wildman–Crippen MR) is 104 cm³/mol. The summed E-state index contributed by atoms with van der Waals surface area (Å²) in [6, 6.07) is 13.2. The fourth-order valence-electron chi connectivity index (χ4n) is 3.20. The molecule has 0 aliphatic carbocycles. The monoisotopic (exact) mass is 419 g/mol. The maximum atomic E-state index is 14.3. The molecule has 2 aromatic rings. The molecule has 0 radical (unpaired) electrons. The number of para-hydroxylation sites is 1. The van der Waals surface area contributed by atoms with Gasteiger partial charge in [-0.25, -0.2) is 4.99 Å². The Hall–Kier alpha value is -3.36. The molecule has 1 aliphatic rings. The lowest BCUT2D eigenvalue weighted by Crippen LogP contribution is -2.64. The van der Waals surface area contributed by atoms with E-state index in [-0.39, 0.29) is 17.1 Å². The minimum atomic E-state index is -5.18. The Balaban J connectivity index is 2.14. The first-order chi connectivity index (χ1) is 14.1. The van der Waals surface area contributed by atoms with Gasteiger partial charge in [0.15, 0.2) is 0 Å². The van der Waals surface area contributed by atoms with Crippen molar-refractivity contribution in [3.8, 4) is 5.75 Å². The van der Waals surface area contributed by atoms with Gasteiger partial charge in [-0.3, -0.25) is 14.5 Å². The largest absolute Gasteiger partial charge is 0.496 e. The molecule has 1 aliphatic heterocycles. The van der Waals surface area contributed by atoms with Crippen LogP contribution in [0.4, 0.5) is 13.2 Å². The highest BCUT2D eigenvalue weighted by Crippen LogP contribution is 2.39. The van der Waals surface area contributed by atoms with E-state index < -0.39 is 29.7 Å². The van der Waals surface area contributed by atoms with E-state index in [9.17, 15) is 22.8 Å². The molecule has 1 N–H and O–H groups in total. The van der Waals surface area contributed by atoms with Gasteiger partial charge in [0, 0.05) is 11.6 Å². The number of amides is 2. The number of benzene rings is 2. The lowest BCUT2D eigenvalue weighted by molar-refractivity contribution is -0.196. The van der Waals surface area contributed by atoms with Crippen molar-refractivity contribution < 1.29 is 27.5 Å². The van der Waals surface area contributed by atoms with Crippen LogP contribution in [0.5, 0.6) is 5.75 Å². The Labute approximate surface area is 171 Å². The second kappa shape index (κ2) is 7.81. The molecule has 30 heavy (non-hydrogen) atoms. The first-order valence-corrected chi connectivity index (χ1v) is 9.13. The van der Waals surface area contributed by atoms with E-state index in [0.717, 1.165) is 4.90 Å². The smallest absolute Gasteiger partial charge is 0.442 e. The van der Waals surface area contributed by atoms with E-state index >= 15 is 0 Å². The molecule has 0 bridgehead atoms. The number of methoxy groups -OCH3 is 1. The summed E-state index contributed by atoms with van der Waals surface area (Å²) >= 11 is 0. The molecule has 9 heteroatoms. The molecule has 1 unspecified atom stereocenters. The van der Waals surface area contributed by atoms with Crippen LogP contribution in [0.25, 0.3) is 0 Å². The number of nitrogens with one attached hydrogen (secondary N) is 1. The van der Waals surface area contributed by atoms with E-state index in [1.54, 1.807) is 50.2 Å². The van der Waals surface area contributed by atoms with Gasteiger partial charge in [-0.05, 0) is 26.0 Å². The van der Waals surface area contributed by atoms with E-state index in [1.165, 1.54) is 25.3 Å². The number of amidine groups is 1. The zero-order chi connectivity index (χ0) is 22.1. The van der Waals surface area contributed by atoms with Crippen molar-refractivity contribution in [2.24, 2.45) is 4.99 Å². The molecule has 3 rings (SSSR count). The van der Waals surface area contributed by atoms with Crippen molar-refractivity contribution in [3.63, 3.8) is 0 Å². The lowest BCUT2D eigenvalue weighted by Gasteiger charge is -2.30. The molecule has 0 fully saturated rings. The second-order valence-corrected chi connectivity index (χ2v) is 6.93.